The third-order valence-electron chi connectivity index (χ3n) is 4.56. The summed E-state index contributed by atoms with van der Waals surface area (Å²) in [5.74, 6) is -0.166. The van der Waals surface area contributed by atoms with Gasteiger partial charge in [0.1, 0.15) is 5.82 Å². The summed E-state index contributed by atoms with van der Waals surface area (Å²) in [5, 5.41) is 0.891. The van der Waals surface area contributed by atoms with Gasteiger partial charge in [-0.25, -0.2) is 4.39 Å². The average Bonchev–Trinajstić information content (AvgIpc) is 2.97. The summed E-state index contributed by atoms with van der Waals surface area (Å²) >= 11 is 0. The molecule has 21 heavy (non-hydrogen) atoms. The minimum absolute atomic E-state index is 0.166. The van der Waals surface area contributed by atoms with Crippen LogP contribution in [0.15, 0.2) is 30.5 Å². The van der Waals surface area contributed by atoms with E-state index in [4.69, 9.17) is 0 Å². The molecule has 3 rings (SSSR count). The van der Waals surface area contributed by atoms with Crippen molar-refractivity contribution in [1.82, 2.24) is 9.88 Å². The maximum Gasteiger partial charge on any atom is 0.124 e. The van der Waals surface area contributed by atoms with E-state index in [0.29, 0.717) is 12.1 Å². The first-order valence-corrected chi connectivity index (χ1v) is 7.94. The number of pyridine rings is 1. The van der Waals surface area contributed by atoms with E-state index in [1.807, 2.05) is 12.1 Å². The molecular weight excluding hydrogens is 263 g/mol. The molecule has 0 spiro atoms. The van der Waals surface area contributed by atoms with E-state index in [9.17, 15) is 4.39 Å². The molecule has 112 valence electrons. The van der Waals surface area contributed by atoms with Gasteiger partial charge in [0.2, 0.25) is 0 Å². The van der Waals surface area contributed by atoms with E-state index in [1.54, 1.807) is 18.3 Å². The van der Waals surface area contributed by atoms with Crippen molar-refractivity contribution in [2.75, 3.05) is 0 Å². The van der Waals surface area contributed by atoms with Crippen LogP contribution in [0.4, 0.5) is 4.39 Å². The molecule has 0 atom stereocenters. The van der Waals surface area contributed by atoms with Crippen LogP contribution in [0.1, 0.15) is 45.1 Å². The lowest BCUT2D eigenvalue weighted by Crippen LogP contribution is -2.38. The fraction of sp³-hybridized carbons (Fsp3) is 0.500. The van der Waals surface area contributed by atoms with Crippen molar-refractivity contribution in [3.63, 3.8) is 0 Å². The molecule has 1 aromatic heterocycles. The first-order chi connectivity index (χ1) is 10.1. The maximum atomic E-state index is 13.9. The maximum absolute atomic E-state index is 13.9. The Labute approximate surface area is 126 Å². The monoisotopic (exact) mass is 286 g/mol. The summed E-state index contributed by atoms with van der Waals surface area (Å²) in [6.45, 7) is 5.24. The van der Waals surface area contributed by atoms with Crippen molar-refractivity contribution < 1.29 is 4.39 Å². The molecular formula is C18H23FN2. The van der Waals surface area contributed by atoms with E-state index in [1.165, 1.54) is 25.7 Å². The molecule has 1 fully saturated rings. The molecule has 1 heterocycles. The van der Waals surface area contributed by atoms with Gasteiger partial charge in [-0.2, -0.15) is 0 Å². The van der Waals surface area contributed by atoms with Gasteiger partial charge in [-0.3, -0.25) is 9.88 Å². The molecule has 1 aliphatic carbocycles. The van der Waals surface area contributed by atoms with Crippen LogP contribution in [0.5, 0.6) is 0 Å². The summed E-state index contributed by atoms with van der Waals surface area (Å²) in [4.78, 5) is 6.98. The molecule has 1 aliphatic rings. The van der Waals surface area contributed by atoms with Crippen molar-refractivity contribution in [3.05, 3.63) is 41.8 Å². The summed E-state index contributed by atoms with van der Waals surface area (Å²) in [6.07, 6.45) is 6.95. The highest BCUT2D eigenvalue weighted by Crippen LogP contribution is 2.28. The minimum Gasteiger partial charge on any atom is -0.294 e. The smallest absolute Gasteiger partial charge is 0.124 e. The number of rotatable bonds is 4. The lowest BCUT2D eigenvalue weighted by molar-refractivity contribution is 0.146. The first-order valence-electron chi connectivity index (χ1n) is 7.94. The van der Waals surface area contributed by atoms with Crippen LogP contribution in [0.2, 0.25) is 0 Å². The second-order valence-corrected chi connectivity index (χ2v) is 6.34. The fourth-order valence-electron chi connectivity index (χ4n) is 3.51. The Morgan fingerprint density at radius 3 is 2.76 bits per heavy atom. The average molecular weight is 286 g/mol. The zero-order valence-electron chi connectivity index (χ0n) is 12.8. The van der Waals surface area contributed by atoms with E-state index >= 15 is 0 Å². The molecule has 3 heteroatoms. The fourth-order valence-corrected chi connectivity index (χ4v) is 3.51. The highest BCUT2D eigenvalue weighted by molar-refractivity contribution is 5.81. The molecule has 1 saturated carbocycles. The number of hydrogen-bond acceptors (Lipinski definition) is 2. The van der Waals surface area contributed by atoms with E-state index < -0.39 is 0 Å². The van der Waals surface area contributed by atoms with Crippen molar-refractivity contribution in [2.45, 2.75) is 58.2 Å². The summed E-state index contributed by atoms with van der Waals surface area (Å²) < 4.78 is 13.9. The number of halogens is 1. The van der Waals surface area contributed by atoms with Gasteiger partial charge in [0.25, 0.3) is 0 Å². The topological polar surface area (TPSA) is 16.1 Å². The van der Waals surface area contributed by atoms with E-state index in [0.717, 1.165) is 23.0 Å². The van der Waals surface area contributed by atoms with Crippen LogP contribution in [-0.2, 0) is 6.54 Å². The first kappa shape index (κ1) is 14.5. The lowest BCUT2D eigenvalue weighted by Gasteiger charge is -2.32. The molecule has 0 N–H and O–H groups in total. The van der Waals surface area contributed by atoms with E-state index in [-0.39, 0.29) is 5.82 Å². The number of benzene rings is 1. The molecule has 0 amide bonds. The van der Waals surface area contributed by atoms with Crippen molar-refractivity contribution in [1.29, 1.82) is 0 Å². The third kappa shape index (κ3) is 3.08. The number of hydrogen-bond donors (Lipinski definition) is 0. The van der Waals surface area contributed by atoms with Gasteiger partial charge >= 0.3 is 0 Å². The lowest BCUT2D eigenvalue weighted by atomic mass is 10.1. The number of fused-ring (bicyclic) bond motifs is 1. The van der Waals surface area contributed by atoms with Crippen molar-refractivity contribution >= 4 is 10.9 Å². The quantitative estimate of drug-likeness (QED) is 0.821. The third-order valence-corrected chi connectivity index (χ3v) is 4.56. The molecule has 0 radical (unpaired) electrons. The molecule has 0 bridgehead atoms. The minimum atomic E-state index is -0.166. The molecule has 2 nitrogen and oxygen atoms in total. The van der Waals surface area contributed by atoms with Gasteiger partial charge in [-0.15, -0.1) is 0 Å². The predicted molar refractivity (Wildman–Crippen MR) is 84.6 cm³/mol. The zero-order valence-corrected chi connectivity index (χ0v) is 12.8. The van der Waals surface area contributed by atoms with Crippen LogP contribution in [0, 0.1) is 5.82 Å². The van der Waals surface area contributed by atoms with Gasteiger partial charge < -0.3 is 0 Å². The molecule has 0 unspecified atom stereocenters. The zero-order chi connectivity index (χ0) is 14.8. The van der Waals surface area contributed by atoms with Crippen LogP contribution in [0.25, 0.3) is 10.9 Å². The largest absolute Gasteiger partial charge is 0.294 e. The standard InChI is InChI=1S/C18H23FN2/c1-13(2)21(17-7-3-4-8-17)12-15-11-16(19)10-14-6-5-9-20-18(14)15/h5-6,9-11,13,17H,3-4,7-8,12H2,1-2H3. The second kappa shape index (κ2) is 6.10. The molecule has 1 aromatic carbocycles. The Hall–Kier alpha value is -1.48. The Balaban J connectivity index is 1.95. The SMILES string of the molecule is CC(C)N(Cc1cc(F)cc2cccnc12)C1CCCC1. The van der Waals surface area contributed by atoms with Gasteiger partial charge in [0, 0.05) is 30.2 Å². The highest BCUT2D eigenvalue weighted by atomic mass is 19.1. The Morgan fingerprint density at radius 2 is 2.05 bits per heavy atom. The van der Waals surface area contributed by atoms with Gasteiger partial charge in [-0.1, -0.05) is 18.9 Å². The van der Waals surface area contributed by atoms with Crippen LogP contribution in [0.3, 0.4) is 0 Å². The Morgan fingerprint density at radius 1 is 1.29 bits per heavy atom. The Kier molecular flexibility index (Phi) is 4.20. The highest BCUT2D eigenvalue weighted by Gasteiger charge is 2.25. The van der Waals surface area contributed by atoms with Crippen LogP contribution >= 0.6 is 0 Å². The summed E-state index contributed by atoms with van der Waals surface area (Å²) in [6, 6.07) is 8.12. The molecule has 0 aliphatic heterocycles. The summed E-state index contributed by atoms with van der Waals surface area (Å²) in [5.41, 5.74) is 1.94. The molecule has 0 saturated heterocycles. The van der Waals surface area contributed by atoms with E-state index in [2.05, 4.69) is 23.7 Å². The number of nitrogens with zero attached hydrogens (tertiary/aromatic N) is 2. The van der Waals surface area contributed by atoms with Gasteiger partial charge in [-0.05, 0) is 50.5 Å². The number of aromatic nitrogens is 1. The predicted octanol–water partition coefficient (Wildman–Crippen LogP) is 4.53. The normalized spacial score (nSPS) is 16.4. The van der Waals surface area contributed by atoms with Gasteiger partial charge in [0.05, 0.1) is 5.52 Å². The molecule has 2 aromatic rings. The summed E-state index contributed by atoms with van der Waals surface area (Å²) in [7, 11) is 0. The van der Waals surface area contributed by atoms with Crippen LogP contribution < -0.4 is 0 Å². The van der Waals surface area contributed by atoms with Gasteiger partial charge in [0.15, 0.2) is 0 Å². The Bertz CT molecular complexity index is 618. The van der Waals surface area contributed by atoms with Crippen LogP contribution in [-0.4, -0.2) is 22.0 Å². The van der Waals surface area contributed by atoms with Crippen molar-refractivity contribution in [3.8, 4) is 0 Å². The van der Waals surface area contributed by atoms with Crippen molar-refractivity contribution in [2.24, 2.45) is 0 Å². The second-order valence-electron chi connectivity index (χ2n) is 6.34.